The first-order valence-electron chi connectivity index (χ1n) is 6.26. The van der Waals surface area contributed by atoms with E-state index < -0.39 is 0 Å². The van der Waals surface area contributed by atoms with Crippen LogP contribution in [0.2, 0.25) is 0 Å². The molecule has 0 fully saturated rings. The minimum atomic E-state index is 0.488. The maximum absolute atomic E-state index is 5.76. The molecule has 0 unspecified atom stereocenters. The van der Waals surface area contributed by atoms with Crippen molar-refractivity contribution in [2.75, 3.05) is 0 Å². The lowest BCUT2D eigenvalue weighted by Gasteiger charge is -1.99. The fraction of sp³-hybridized carbons (Fsp3) is 0.308. The van der Waals surface area contributed by atoms with Gasteiger partial charge in [-0.25, -0.2) is 4.98 Å². The van der Waals surface area contributed by atoms with Gasteiger partial charge in [-0.2, -0.15) is 4.98 Å². The zero-order chi connectivity index (χ0) is 13.2. The molecule has 0 aliphatic carbocycles. The predicted molar refractivity (Wildman–Crippen MR) is 70.4 cm³/mol. The lowest BCUT2D eigenvalue weighted by atomic mass is 10.2. The smallest absolute Gasteiger partial charge is 0.226 e. The lowest BCUT2D eigenvalue weighted by Crippen LogP contribution is -2.01. The van der Waals surface area contributed by atoms with Crippen LogP contribution < -0.4 is 5.73 Å². The van der Waals surface area contributed by atoms with Crippen molar-refractivity contribution in [2.45, 2.75) is 26.4 Å². The molecular formula is C13H15N5O. The summed E-state index contributed by atoms with van der Waals surface area (Å²) in [5.74, 6) is 1.31. The van der Waals surface area contributed by atoms with Crippen molar-refractivity contribution in [1.29, 1.82) is 0 Å². The summed E-state index contributed by atoms with van der Waals surface area (Å²) < 4.78 is 7.11. The van der Waals surface area contributed by atoms with Crippen LogP contribution in [0.1, 0.15) is 24.2 Å². The van der Waals surface area contributed by atoms with E-state index in [1.165, 1.54) is 0 Å². The van der Waals surface area contributed by atoms with Gasteiger partial charge in [-0.3, -0.25) is 0 Å². The molecule has 0 aromatic carbocycles. The van der Waals surface area contributed by atoms with Gasteiger partial charge in [0.2, 0.25) is 5.89 Å². The monoisotopic (exact) mass is 257 g/mol. The van der Waals surface area contributed by atoms with Crippen molar-refractivity contribution in [3.63, 3.8) is 0 Å². The molecule has 0 radical (unpaired) electrons. The highest BCUT2D eigenvalue weighted by Gasteiger charge is 2.11. The number of rotatable bonds is 4. The summed E-state index contributed by atoms with van der Waals surface area (Å²) in [7, 11) is 0. The minimum absolute atomic E-state index is 0.488. The molecule has 0 amide bonds. The van der Waals surface area contributed by atoms with Crippen LogP contribution in [0.25, 0.3) is 11.0 Å². The molecule has 0 aliphatic rings. The third kappa shape index (κ3) is 2.10. The Balaban J connectivity index is 2.00. The summed E-state index contributed by atoms with van der Waals surface area (Å²) in [5.41, 5.74) is 7.72. The van der Waals surface area contributed by atoms with Gasteiger partial charge in [0.25, 0.3) is 0 Å². The Morgan fingerprint density at radius 2 is 2.32 bits per heavy atom. The summed E-state index contributed by atoms with van der Waals surface area (Å²) in [4.78, 5) is 8.70. The average Bonchev–Trinajstić information content (AvgIpc) is 3.04. The summed E-state index contributed by atoms with van der Waals surface area (Å²) in [5, 5.41) is 5.03. The zero-order valence-electron chi connectivity index (χ0n) is 10.7. The number of hydrogen-bond acceptors (Lipinski definition) is 5. The molecule has 0 aliphatic heterocycles. The van der Waals surface area contributed by atoms with Gasteiger partial charge in [-0.05, 0) is 17.7 Å². The Morgan fingerprint density at radius 1 is 1.42 bits per heavy atom. The SMILES string of the molecule is CCc1nc(Cn2cc(CN)c3cccnc32)no1. The fourth-order valence-electron chi connectivity index (χ4n) is 2.13. The van der Waals surface area contributed by atoms with E-state index in [4.69, 9.17) is 10.3 Å². The van der Waals surface area contributed by atoms with Crippen molar-refractivity contribution in [1.82, 2.24) is 19.7 Å². The van der Waals surface area contributed by atoms with Crippen LogP contribution in [0.3, 0.4) is 0 Å². The number of nitrogens with two attached hydrogens (primary N) is 1. The standard InChI is InChI=1S/C13H15N5O/c1-2-12-16-11(17-19-12)8-18-7-9(6-14)10-4-3-5-15-13(10)18/h3-5,7H,2,6,8,14H2,1H3. The molecule has 0 saturated carbocycles. The second-order valence-corrected chi connectivity index (χ2v) is 4.32. The van der Waals surface area contributed by atoms with Crippen molar-refractivity contribution in [3.05, 3.63) is 41.8 Å². The molecule has 19 heavy (non-hydrogen) atoms. The molecule has 3 aromatic rings. The highest BCUT2D eigenvalue weighted by atomic mass is 16.5. The topological polar surface area (TPSA) is 82.8 Å². The third-order valence-corrected chi connectivity index (χ3v) is 3.06. The summed E-state index contributed by atoms with van der Waals surface area (Å²) >= 11 is 0. The molecule has 2 N–H and O–H groups in total. The molecule has 98 valence electrons. The third-order valence-electron chi connectivity index (χ3n) is 3.06. The molecule has 3 heterocycles. The molecule has 6 heteroatoms. The normalized spacial score (nSPS) is 11.3. The highest BCUT2D eigenvalue weighted by molar-refractivity contribution is 5.80. The van der Waals surface area contributed by atoms with E-state index in [0.29, 0.717) is 24.8 Å². The van der Waals surface area contributed by atoms with Gasteiger partial charge in [0.05, 0.1) is 6.54 Å². The van der Waals surface area contributed by atoms with Crippen LogP contribution in [-0.4, -0.2) is 19.7 Å². The van der Waals surface area contributed by atoms with Gasteiger partial charge in [0.1, 0.15) is 5.65 Å². The second-order valence-electron chi connectivity index (χ2n) is 4.32. The molecule has 0 saturated heterocycles. The zero-order valence-corrected chi connectivity index (χ0v) is 10.7. The molecular weight excluding hydrogens is 242 g/mol. The molecule has 3 rings (SSSR count). The number of aromatic nitrogens is 4. The van der Waals surface area contributed by atoms with Crippen LogP contribution >= 0.6 is 0 Å². The number of pyridine rings is 1. The Kier molecular flexibility index (Phi) is 3.00. The Hall–Kier alpha value is -2.21. The molecule has 0 bridgehead atoms. The van der Waals surface area contributed by atoms with Crippen LogP contribution in [0, 0.1) is 0 Å². The van der Waals surface area contributed by atoms with Crippen LogP contribution in [0.5, 0.6) is 0 Å². The summed E-state index contributed by atoms with van der Waals surface area (Å²) in [6.07, 6.45) is 4.51. The minimum Gasteiger partial charge on any atom is -0.339 e. The van der Waals surface area contributed by atoms with Gasteiger partial charge in [-0.15, -0.1) is 0 Å². The molecule has 0 atom stereocenters. The van der Waals surface area contributed by atoms with E-state index >= 15 is 0 Å². The van der Waals surface area contributed by atoms with Gasteiger partial charge >= 0.3 is 0 Å². The summed E-state index contributed by atoms with van der Waals surface area (Å²) in [6, 6.07) is 3.93. The highest BCUT2D eigenvalue weighted by Crippen LogP contribution is 2.19. The first-order chi connectivity index (χ1) is 9.31. The number of aryl methyl sites for hydroxylation is 1. The Morgan fingerprint density at radius 3 is 3.05 bits per heavy atom. The molecule has 0 spiro atoms. The average molecular weight is 257 g/mol. The van der Waals surface area contributed by atoms with Crippen molar-refractivity contribution in [3.8, 4) is 0 Å². The van der Waals surface area contributed by atoms with Crippen LogP contribution in [0.15, 0.2) is 29.0 Å². The quantitative estimate of drug-likeness (QED) is 0.765. The van der Waals surface area contributed by atoms with Gasteiger partial charge < -0.3 is 14.8 Å². The Labute approximate surface area is 110 Å². The predicted octanol–water partition coefficient (Wildman–Crippen LogP) is 1.49. The van der Waals surface area contributed by atoms with E-state index in [1.54, 1.807) is 6.20 Å². The number of fused-ring (bicyclic) bond motifs is 1. The largest absolute Gasteiger partial charge is 0.339 e. The maximum Gasteiger partial charge on any atom is 0.226 e. The summed E-state index contributed by atoms with van der Waals surface area (Å²) in [6.45, 7) is 3.01. The molecule has 6 nitrogen and oxygen atoms in total. The van der Waals surface area contributed by atoms with Gasteiger partial charge in [0.15, 0.2) is 5.82 Å². The van der Waals surface area contributed by atoms with Crippen molar-refractivity contribution < 1.29 is 4.52 Å². The number of nitrogens with zero attached hydrogens (tertiary/aromatic N) is 4. The van der Waals surface area contributed by atoms with E-state index in [-0.39, 0.29) is 0 Å². The van der Waals surface area contributed by atoms with E-state index in [1.807, 2.05) is 29.8 Å². The lowest BCUT2D eigenvalue weighted by molar-refractivity contribution is 0.375. The van der Waals surface area contributed by atoms with Gasteiger partial charge in [0, 0.05) is 30.7 Å². The van der Waals surface area contributed by atoms with Crippen molar-refractivity contribution in [2.24, 2.45) is 5.73 Å². The van der Waals surface area contributed by atoms with Crippen LogP contribution in [-0.2, 0) is 19.5 Å². The first-order valence-corrected chi connectivity index (χ1v) is 6.26. The van der Waals surface area contributed by atoms with Gasteiger partial charge in [-0.1, -0.05) is 12.1 Å². The molecule has 3 aromatic heterocycles. The fourth-order valence-corrected chi connectivity index (χ4v) is 2.13. The van der Waals surface area contributed by atoms with E-state index in [2.05, 4.69) is 15.1 Å². The van der Waals surface area contributed by atoms with Crippen molar-refractivity contribution >= 4 is 11.0 Å². The maximum atomic E-state index is 5.76. The second kappa shape index (κ2) is 4.81. The van der Waals surface area contributed by atoms with E-state index in [9.17, 15) is 0 Å². The van der Waals surface area contributed by atoms with E-state index in [0.717, 1.165) is 23.0 Å². The van der Waals surface area contributed by atoms with Crippen LogP contribution in [0.4, 0.5) is 0 Å². The Bertz CT molecular complexity index is 700. The number of hydrogen-bond donors (Lipinski definition) is 1. The first kappa shape index (κ1) is 11.9.